The zero-order chi connectivity index (χ0) is 17.7. The van der Waals surface area contributed by atoms with Crippen LogP contribution < -0.4 is 4.90 Å². The second kappa shape index (κ2) is 8.36. The normalized spacial score (nSPS) is 21.3. The van der Waals surface area contributed by atoms with Gasteiger partial charge in [-0.25, -0.2) is 4.98 Å². The van der Waals surface area contributed by atoms with Crippen LogP contribution in [-0.2, 0) is 6.18 Å². The van der Waals surface area contributed by atoms with Crippen LogP contribution in [0.5, 0.6) is 0 Å². The number of hydrogen-bond donors (Lipinski definition) is 0. The number of pyridine rings is 1. The number of likely N-dealkylation sites (tertiary alicyclic amines) is 1. The second-order valence-corrected chi connectivity index (χ2v) is 6.99. The van der Waals surface area contributed by atoms with Crippen LogP contribution in [0, 0.1) is 0 Å². The van der Waals surface area contributed by atoms with Gasteiger partial charge >= 0.3 is 6.18 Å². The van der Waals surface area contributed by atoms with E-state index >= 15 is 0 Å². The van der Waals surface area contributed by atoms with Gasteiger partial charge in [-0.2, -0.15) is 13.2 Å². The summed E-state index contributed by atoms with van der Waals surface area (Å²) in [5.41, 5.74) is -0.686. The zero-order valence-electron chi connectivity index (χ0n) is 14.6. The first-order valence-corrected chi connectivity index (χ1v) is 9.25. The lowest BCUT2D eigenvalue weighted by Gasteiger charge is -2.29. The summed E-state index contributed by atoms with van der Waals surface area (Å²) in [5, 5.41) is 0. The standard InChI is InChI=1S/C18H27F3N4/c19-18(20,21)16-5-6-17(22-15-16)25-10-4-9-24(13-14-25)12-11-23-7-2-1-3-8-23/h5-6,15H,1-4,7-14H2. The number of alkyl halides is 3. The first-order valence-electron chi connectivity index (χ1n) is 9.25. The van der Waals surface area contributed by atoms with Crippen LogP contribution in [0.1, 0.15) is 31.2 Å². The van der Waals surface area contributed by atoms with E-state index in [9.17, 15) is 13.2 Å². The largest absolute Gasteiger partial charge is 0.417 e. The van der Waals surface area contributed by atoms with Gasteiger partial charge in [0.1, 0.15) is 5.82 Å². The third kappa shape index (κ3) is 5.31. The number of halogens is 3. The average Bonchev–Trinajstić information content (AvgIpc) is 2.86. The summed E-state index contributed by atoms with van der Waals surface area (Å²) in [7, 11) is 0. The van der Waals surface area contributed by atoms with Crippen molar-refractivity contribution in [2.45, 2.75) is 31.9 Å². The minimum atomic E-state index is -4.32. The Morgan fingerprint density at radius 1 is 0.800 bits per heavy atom. The highest BCUT2D eigenvalue weighted by Crippen LogP contribution is 2.29. The van der Waals surface area contributed by atoms with E-state index in [0.29, 0.717) is 5.82 Å². The maximum Gasteiger partial charge on any atom is 0.417 e. The summed E-state index contributed by atoms with van der Waals surface area (Å²) in [6.07, 6.45) is 1.61. The summed E-state index contributed by atoms with van der Waals surface area (Å²) >= 11 is 0. The van der Waals surface area contributed by atoms with Crippen LogP contribution in [0.4, 0.5) is 19.0 Å². The van der Waals surface area contributed by atoms with E-state index in [1.165, 1.54) is 38.4 Å². The molecule has 4 nitrogen and oxygen atoms in total. The molecule has 2 aliphatic rings. The van der Waals surface area contributed by atoms with E-state index in [0.717, 1.165) is 58.0 Å². The molecule has 2 fully saturated rings. The molecule has 0 aromatic carbocycles. The average molecular weight is 356 g/mol. The molecule has 3 heterocycles. The quantitative estimate of drug-likeness (QED) is 0.827. The number of hydrogen-bond acceptors (Lipinski definition) is 4. The van der Waals surface area contributed by atoms with Gasteiger partial charge in [-0.15, -0.1) is 0 Å². The van der Waals surface area contributed by atoms with Crippen LogP contribution in [0.15, 0.2) is 18.3 Å². The fraction of sp³-hybridized carbons (Fsp3) is 0.722. The van der Waals surface area contributed by atoms with Crippen molar-refractivity contribution in [1.29, 1.82) is 0 Å². The van der Waals surface area contributed by atoms with Crippen LogP contribution in [0.25, 0.3) is 0 Å². The van der Waals surface area contributed by atoms with Crippen molar-refractivity contribution >= 4 is 5.82 Å². The Balaban J connectivity index is 1.49. The van der Waals surface area contributed by atoms with E-state index in [-0.39, 0.29) is 0 Å². The van der Waals surface area contributed by atoms with E-state index < -0.39 is 11.7 Å². The molecular weight excluding hydrogens is 329 g/mol. The minimum absolute atomic E-state index is 0.644. The van der Waals surface area contributed by atoms with Gasteiger partial charge in [0.25, 0.3) is 0 Å². The molecule has 0 bridgehead atoms. The highest BCUT2D eigenvalue weighted by atomic mass is 19.4. The predicted octanol–water partition coefficient (Wildman–Crippen LogP) is 3.10. The van der Waals surface area contributed by atoms with Crippen LogP contribution >= 0.6 is 0 Å². The first-order chi connectivity index (χ1) is 12.0. The molecule has 0 unspecified atom stereocenters. The van der Waals surface area contributed by atoms with Crippen LogP contribution in [-0.4, -0.2) is 67.1 Å². The van der Waals surface area contributed by atoms with Gasteiger partial charge in [-0.1, -0.05) is 6.42 Å². The molecule has 0 saturated carbocycles. The summed E-state index contributed by atoms with van der Waals surface area (Å²) < 4.78 is 38.0. The highest BCUT2D eigenvalue weighted by molar-refractivity contribution is 5.40. The van der Waals surface area contributed by atoms with Gasteiger partial charge in [0.2, 0.25) is 0 Å². The smallest absolute Gasteiger partial charge is 0.355 e. The number of nitrogens with zero attached hydrogens (tertiary/aromatic N) is 4. The van der Waals surface area contributed by atoms with Crippen molar-refractivity contribution in [2.75, 3.05) is 57.3 Å². The molecule has 140 valence electrons. The molecule has 7 heteroatoms. The van der Waals surface area contributed by atoms with Gasteiger partial charge in [-0.3, -0.25) is 0 Å². The number of piperidine rings is 1. The zero-order valence-corrected chi connectivity index (χ0v) is 14.6. The monoisotopic (exact) mass is 356 g/mol. The molecule has 2 saturated heterocycles. The molecule has 0 amide bonds. The van der Waals surface area contributed by atoms with Crippen molar-refractivity contribution in [2.24, 2.45) is 0 Å². The fourth-order valence-electron chi connectivity index (χ4n) is 3.63. The molecule has 25 heavy (non-hydrogen) atoms. The molecule has 2 aliphatic heterocycles. The van der Waals surface area contributed by atoms with Crippen molar-refractivity contribution in [3.05, 3.63) is 23.9 Å². The summed E-state index contributed by atoms with van der Waals surface area (Å²) in [6.45, 7) is 8.29. The third-order valence-electron chi connectivity index (χ3n) is 5.17. The van der Waals surface area contributed by atoms with Crippen molar-refractivity contribution in [3.8, 4) is 0 Å². The SMILES string of the molecule is FC(F)(F)c1ccc(N2CCCN(CCN3CCCCC3)CC2)nc1. The Kier molecular flexibility index (Phi) is 6.17. The van der Waals surface area contributed by atoms with Crippen molar-refractivity contribution in [1.82, 2.24) is 14.8 Å². The van der Waals surface area contributed by atoms with Gasteiger partial charge in [0.05, 0.1) is 5.56 Å². The van der Waals surface area contributed by atoms with Crippen LogP contribution in [0.2, 0.25) is 0 Å². The number of aromatic nitrogens is 1. The molecule has 1 aromatic rings. The predicted molar refractivity (Wildman–Crippen MR) is 92.8 cm³/mol. The maximum absolute atomic E-state index is 12.7. The molecule has 0 spiro atoms. The first kappa shape index (κ1) is 18.5. The molecule has 1 aromatic heterocycles. The van der Waals surface area contributed by atoms with Gasteiger partial charge in [-0.05, 0) is 51.0 Å². The van der Waals surface area contributed by atoms with E-state index in [1.54, 1.807) is 0 Å². The topological polar surface area (TPSA) is 22.6 Å². The van der Waals surface area contributed by atoms with E-state index in [2.05, 4.69) is 19.7 Å². The van der Waals surface area contributed by atoms with Gasteiger partial charge < -0.3 is 14.7 Å². The van der Waals surface area contributed by atoms with E-state index in [1.807, 2.05) is 0 Å². The van der Waals surface area contributed by atoms with Gasteiger partial charge in [0, 0.05) is 38.9 Å². The van der Waals surface area contributed by atoms with Crippen molar-refractivity contribution in [3.63, 3.8) is 0 Å². The molecule has 0 aliphatic carbocycles. The molecule has 3 rings (SSSR count). The lowest BCUT2D eigenvalue weighted by molar-refractivity contribution is -0.137. The van der Waals surface area contributed by atoms with E-state index in [4.69, 9.17) is 0 Å². The lowest BCUT2D eigenvalue weighted by atomic mass is 10.1. The molecular formula is C18H27F3N4. The molecule has 0 radical (unpaired) electrons. The van der Waals surface area contributed by atoms with Gasteiger partial charge in [0.15, 0.2) is 0 Å². The maximum atomic E-state index is 12.7. The van der Waals surface area contributed by atoms with Crippen molar-refractivity contribution < 1.29 is 13.2 Å². The molecule has 0 N–H and O–H groups in total. The number of anilines is 1. The number of rotatable bonds is 4. The summed E-state index contributed by atoms with van der Waals surface area (Å²) in [5.74, 6) is 0.644. The third-order valence-corrected chi connectivity index (χ3v) is 5.17. The Hall–Kier alpha value is -1.34. The summed E-state index contributed by atoms with van der Waals surface area (Å²) in [6, 6.07) is 2.62. The Labute approximate surface area is 147 Å². The summed E-state index contributed by atoms with van der Waals surface area (Å²) in [4.78, 5) is 11.1. The minimum Gasteiger partial charge on any atom is -0.355 e. The lowest BCUT2D eigenvalue weighted by Crippen LogP contribution is -2.39. The highest BCUT2D eigenvalue weighted by Gasteiger charge is 2.31. The molecule has 0 atom stereocenters. The van der Waals surface area contributed by atoms with Crippen LogP contribution in [0.3, 0.4) is 0 Å². The Bertz CT molecular complexity index is 526. The Morgan fingerprint density at radius 2 is 1.48 bits per heavy atom. The fourth-order valence-corrected chi connectivity index (χ4v) is 3.63. The Morgan fingerprint density at radius 3 is 2.12 bits per heavy atom. The second-order valence-electron chi connectivity index (χ2n) is 6.99.